The van der Waals surface area contributed by atoms with Gasteiger partial charge in [0.1, 0.15) is 0 Å². The third kappa shape index (κ3) is 4.88. The van der Waals surface area contributed by atoms with E-state index in [1.807, 2.05) is 18.7 Å². The monoisotopic (exact) mass is 259 g/mol. The maximum absolute atomic E-state index is 11.3. The molecule has 1 atom stereocenters. The molecule has 0 heterocycles. The summed E-state index contributed by atoms with van der Waals surface area (Å²) >= 11 is 1.97. The zero-order chi connectivity index (χ0) is 12.7. The van der Waals surface area contributed by atoms with Crippen LogP contribution in [-0.2, 0) is 9.53 Å². The number of esters is 1. The first-order chi connectivity index (χ1) is 8.12. The zero-order valence-corrected chi connectivity index (χ0v) is 12.1. The molecule has 1 N–H and O–H groups in total. The Labute approximate surface area is 109 Å². The Kier molecular flexibility index (Phi) is 6.34. The van der Waals surface area contributed by atoms with Crippen molar-refractivity contribution in [3.8, 4) is 0 Å². The van der Waals surface area contributed by atoms with Gasteiger partial charge < -0.3 is 10.1 Å². The number of ether oxygens (including phenoxy) is 1. The maximum Gasteiger partial charge on any atom is 0.307 e. The quantitative estimate of drug-likeness (QED) is 0.713. The fraction of sp³-hybridized carbons (Fsp3) is 0.923. The highest BCUT2D eigenvalue weighted by molar-refractivity contribution is 8.00. The Hall–Kier alpha value is -0.220. The van der Waals surface area contributed by atoms with E-state index >= 15 is 0 Å². The molecule has 1 saturated carbocycles. The summed E-state index contributed by atoms with van der Waals surface area (Å²) in [5.41, 5.74) is 0. The van der Waals surface area contributed by atoms with Crippen LogP contribution in [0.2, 0.25) is 0 Å². The number of carbonyl (C=O) groups excluding carboxylic acids is 1. The standard InChI is InChI=1S/C13H25NO2S/c1-4-16-12(15)9-11(2)14-10-13(17-3)7-5-6-8-13/h11,14H,4-10H2,1-3H3. The first-order valence-corrected chi connectivity index (χ1v) is 7.78. The average Bonchev–Trinajstić information content (AvgIpc) is 2.76. The van der Waals surface area contributed by atoms with Gasteiger partial charge in [-0.15, -0.1) is 0 Å². The van der Waals surface area contributed by atoms with Crippen molar-refractivity contribution in [3.63, 3.8) is 0 Å². The van der Waals surface area contributed by atoms with Gasteiger partial charge >= 0.3 is 5.97 Å². The molecule has 0 bridgehead atoms. The summed E-state index contributed by atoms with van der Waals surface area (Å²) in [4.78, 5) is 11.3. The molecule has 3 nitrogen and oxygen atoms in total. The molecule has 0 aromatic heterocycles. The molecule has 0 aliphatic heterocycles. The minimum atomic E-state index is -0.0999. The summed E-state index contributed by atoms with van der Waals surface area (Å²) in [5, 5.41) is 3.48. The normalized spacial score (nSPS) is 20.2. The number of thioether (sulfide) groups is 1. The molecule has 1 aliphatic carbocycles. The lowest BCUT2D eigenvalue weighted by Gasteiger charge is -2.28. The summed E-state index contributed by atoms with van der Waals surface area (Å²) in [6.07, 6.45) is 7.95. The predicted molar refractivity (Wildman–Crippen MR) is 73.4 cm³/mol. The molecule has 0 aromatic rings. The fourth-order valence-corrected chi connectivity index (χ4v) is 3.30. The van der Waals surface area contributed by atoms with Gasteiger partial charge in [0.2, 0.25) is 0 Å². The Bertz CT molecular complexity index is 240. The van der Waals surface area contributed by atoms with E-state index < -0.39 is 0 Å². The molecule has 4 heteroatoms. The van der Waals surface area contributed by atoms with Crippen molar-refractivity contribution in [3.05, 3.63) is 0 Å². The second-order valence-electron chi connectivity index (χ2n) is 4.89. The minimum absolute atomic E-state index is 0.0999. The van der Waals surface area contributed by atoms with Crippen molar-refractivity contribution >= 4 is 17.7 Å². The second kappa shape index (κ2) is 7.27. The van der Waals surface area contributed by atoms with Crippen LogP contribution >= 0.6 is 11.8 Å². The van der Waals surface area contributed by atoms with Crippen LogP contribution in [0.3, 0.4) is 0 Å². The van der Waals surface area contributed by atoms with Crippen molar-refractivity contribution in [1.29, 1.82) is 0 Å². The van der Waals surface area contributed by atoms with E-state index in [2.05, 4.69) is 18.5 Å². The Morgan fingerprint density at radius 2 is 2.12 bits per heavy atom. The number of hydrogen-bond acceptors (Lipinski definition) is 4. The van der Waals surface area contributed by atoms with Crippen LogP contribution in [-0.4, -0.2) is 36.2 Å². The van der Waals surface area contributed by atoms with E-state index in [1.54, 1.807) is 0 Å². The van der Waals surface area contributed by atoms with Crippen molar-refractivity contribution in [2.75, 3.05) is 19.4 Å². The van der Waals surface area contributed by atoms with E-state index in [0.717, 1.165) is 6.54 Å². The summed E-state index contributed by atoms with van der Waals surface area (Å²) in [7, 11) is 0. The van der Waals surface area contributed by atoms with E-state index in [-0.39, 0.29) is 12.0 Å². The molecule has 0 amide bonds. The lowest BCUT2D eigenvalue weighted by molar-refractivity contribution is -0.143. The van der Waals surface area contributed by atoms with Gasteiger partial charge in [0, 0.05) is 17.3 Å². The van der Waals surface area contributed by atoms with Gasteiger partial charge in [-0.1, -0.05) is 12.8 Å². The number of carbonyl (C=O) groups is 1. The van der Waals surface area contributed by atoms with Crippen LogP contribution in [0.15, 0.2) is 0 Å². The summed E-state index contributed by atoms with van der Waals surface area (Å²) < 4.78 is 5.36. The SMILES string of the molecule is CCOC(=O)CC(C)NCC1(SC)CCCC1. The Balaban J connectivity index is 2.26. The van der Waals surface area contributed by atoms with Crippen molar-refractivity contribution < 1.29 is 9.53 Å². The highest BCUT2D eigenvalue weighted by atomic mass is 32.2. The molecule has 0 radical (unpaired) electrons. The second-order valence-corrected chi connectivity index (χ2v) is 6.16. The molecule has 1 unspecified atom stereocenters. The summed E-state index contributed by atoms with van der Waals surface area (Å²) in [6, 6.07) is 0.207. The maximum atomic E-state index is 11.3. The molecule has 0 aromatic carbocycles. The van der Waals surface area contributed by atoms with Gasteiger partial charge in [-0.25, -0.2) is 0 Å². The molecule has 17 heavy (non-hydrogen) atoms. The molecule has 1 fully saturated rings. The molecular formula is C13H25NO2S. The average molecular weight is 259 g/mol. The van der Waals surface area contributed by atoms with Crippen LogP contribution in [0, 0.1) is 0 Å². The summed E-state index contributed by atoms with van der Waals surface area (Å²) in [5.74, 6) is -0.0999. The smallest absolute Gasteiger partial charge is 0.307 e. The molecule has 1 aliphatic rings. The topological polar surface area (TPSA) is 38.3 Å². The third-order valence-corrected chi connectivity index (χ3v) is 4.92. The number of nitrogens with one attached hydrogen (secondary N) is 1. The Morgan fingerprint density at radius 1 is 1.47 bits per heavy atom. The third-order valence-electron chi connectivity index (χ3n) is 3.50. The zero-order valence-electron chi connectivity index (χ0n) is 11.3. The molecule has 100 valence electrons. The first kappa shape index (κ1) is 14.8. The highest BCUT2D eigenvalue weighted by Crippen LogP contribution is 2.39. The van der Waals surface area contributed by atoms with Crippen LogP contribution in [0.25, 0.3) is 0 Å². The van der Waals surface area contributed by atoms with Crippen LogP contribution in [0.4, 0.5) is 0 Å². The van der Waals surface area contributed by atoms with Crippen LogP contribution in [0.1, 0.15) is 46.0 Å². The van der Waals surface area contributed by atoms with E-state index in [1.165, 1.54) is 25.7 Å². The predicted octanol–water partition coefficient (Wildman–Crippen LogP) is 2.59. The van der Waals surface area contributed by atoms with E-state index in [9.17, 15) is 4.79 Å². The molecule has 0 spiro atoms. The van der Waals surface area contributed by atoms with Gasteiger partial charge in [-0.3, -0.25) is 4.79 Å². The molecular weight excluding hydrogens is 234 g/mol. The van der Waals surface area contributed by atoms with Crippen molar-refractivity contribution in [2.24, 2.45) is 0 Å². The van der Waals surface area contributed by atoms with Crippen LogP contribution < -0.4 is 5.32 Å². The van der Waals surface area contributed by atoms with Gasteiger partial charge in [0.25, 0.3) is 0 Å². The molecule has 0 saturated heterocycles. The lowest BCUT2D eigenvalue weighted by Crippen LogP contribution is -2.40. The Morgan fingerprint density at radius 3 is 2.65 bits per heavy atom. The van der Waals surface area contributed by atoms with Crippen molar-refractivity contribution in [1.82, 2.24) is 5.32 Å². The summed E-state index contributed by atoms with van der Waals surface area (Å²) in [6.45, 7) is 5.38. The largest absolute Gasteiger partial charge is 0.466 e. The van der Waals surface area contributed by atoms with Gasteiger partial charge in [0.15, 0.2) is 0 Å². The fourth-order valence-electron chi connectivity index (χ4n) is 2.37. The number of hydrogen-bond donors (Lipinski definition) is 1. The van der Waals surface area contributed by atoms with E-state index in [0.29, 0.717) is 17.8 Å². The number of rotatable bonds is 7. The lowest BCUT2D eigenvalue weighted by atomic mass is 10.1. The van der Waals surface area contributed by atoms with Crippen molar-refractivity contribution in [2.45, 2.75) is 56.7 Å². The minimum Gasteiger partial charge on any atom is -0.466 e. The van der Waals surface area contributed by atoms with Gasteiger partial charge in [-0.05, 0) is 32.9 Å². The van der Waals surface area contributed by atoms with E-state index in [4.69, 9.17) is 4.74 Å². The van der Waals surface area contributed by atoms with Gasteiger partial charge in [0.05, 0.1) is 13.0 Å². The highest BCUT2D eigenvalue weighted by Gasteiger charge is 2.32. The van der Waals surface area contributed by atoms with Gasteiger partial charge in [-0.2, -0.15) is 11.8 Å². The molecule has 1 rings (SSSR count). The first-order valence-electron chi connectivity index (χ1n) is 6.56. The van der Waals surface area contributed by atoms with Crippen LogP contribution in [0.5, 0.6) is 0 Å².